The van der Waals surface area contributed by atoms with E-state index in [4.69, 9.17) is 0 Å². The molecule has 0 radical (unpaired) electrons. The summed E-state index contributed by atoms with van der Waals surface area (Å²) in [7, 11) is 0. The van der Waals surface area contributed by atoms with Crippen molar-refractivity contribution in [3.8, 4) is 0 Å². The number of hydrazone groups is 1. The Morgan fingerprint density at radius 1 is 1.25 bits per heavy atom. The van der Waals surface area contributed by atoms with E-state index in [1.807, 2.05) is 24.9 Å². The molecule has 88 valence electrons. The summed E-state index contributed by atoms with van der Waals surface area (Å²) in [6.45, 7) is 12.6. The van der Waals surface area contributed by atoms with E-state index in [2.05, 4.69) is 43.8 Å². The van der Waals surface area contributed by atoms with E-state index < -0.39 is 0 Å². The Morgan fingerprint density at radius 2 is 1.94 bits per heavy atom. The van der Waals surface area contributed by atoms with Gasteiger partial charge in [-0.2, -0.15) is 5.10 Å². The molecule has 0 aromatic carbocycles. The minimum atomic E-state index is 0.837. The minimum absolute atomic E-state index is 0.837. The lowest BCUT2D eigenvalue weighted by Gasteiger charge is -2.17. The summed E-state index contributed by atoms with van der Waals surface area (Å²) in [4.78, 5) is 0. The highest BCUT2D eigenvalue weighted by Gasteiger charge is 1.99. The molecule has 0 saturated carbocycles. The Morgan fingerprint density at radius 3 is 2.38 bits per heavy atom. The topological polar surface area (TPSA) is 15.6 Å². The molecule has 16 heavy (non-hydrogen) atoms. The summed E-state index contributed by atoms with van der Waals surface area (Å²) in [6, 6.07) is 0. The van der Waals surface area contributed by atoms with Crippen molar-refractivity contribution in [1.82, 2.24) is 5.01 Å². The van der Waals surface area contributed by atoms with Gasteiger partial charge in [-0.15, -0.1) is 0 Å². The summed E-state index contributed by atoms with van der Waals surface area (Å²) < 4.78 is 0. The van der Waals surface area contributed by atoms with Crippen LogP contribution >= 0.6 is 0 Å². The molecule has 0 aromatic rings. The van der Waals surface area contributed by atoms with Gasteiger partial charge in [-0.1, -0.05) is 30.4 Å². The smallest absolute Gasteiger partial charge is 0.0551 e. The van der Waals surface area contributed by atoms with Crippen molar-refractivity contribution in [2.75, 3.05) is 6.54 Å². The van der Waals surface area contributed by atoms with E-state index in [-0.39, 0.29) is 0 Å². The van der Waals surface area contributed by atoms with E-state index in [0.29, 0.717) is 0 Å². The fourth-order valence-corrected chi connectivity index (χ4v) is 1.10. The van der Waals surface area contributed by atoms with Crippen LogP contribution in [0, 0.1) is 0 Å². The van der Waals surface area contributed by atoms with Crippen LogP contribution in [0.2, 0.25) is 0 Å². The fraction of sp³-hybridized carbons (Fsp3) is 0.357. The summed E-state index contributed by atoms with van der Waals surface area (Å²) >= 11 is 0. The molecule has 2 nitrogen and oxygen atoms in total. The van der Waals surface area contributed by atoms with Gasteiger partial charge in [0.2, 0.25) is 0 Å². The first kappa shape index (κ1) is 14.4. The molecule has 0 atom stereocenters. The monoisotopic (exact) mass is 218 g/mol. The van der Waals surface area contributed by atoms with Gasteiger partial charge >= 0.3 is 0 Å². The Bertz CT molecular complexity index is 320. The Balaban J connectivity index is 4.77. The lowest BCUT2D eigenvalue weighted by Crippen LogP contribution is -2.14. The zero-order chi connectivity index (χ0) is 12.4. The fourth-order valence-electron chi connectivity index (χ4n) is 1.10. The lowest BCUT2D eigenvalue weighted by molar-refractivity contribution is 0.399. The van der Waals surface area contributed by atoms with E-state index in [0.717, 1.165) is 12.2 Å². The van der Waals surface area contributed by atoms with E-state index in [9.17, 15) is 0 Å². The molecule has 0 aliphatic rings. The first-order chi connectivity index (χ1) is 7.69. The maximum absolute atomic E-state index is 4.29. The van der Waals surface area contributed by atoms with Gasteiger partial charge in [0, 0.05) is 12.8 Å². The number of allylic oxidation sites excluding steroid dienone is 6. The average molecular weight is 218 g/mol. The Hall–Kier alpha value is -1.57. The van der Waals surface area contributed by atoms with Gasteiger partial charge < -0.3 is 0 Å². The van der Waals surface area contributed by atoms with Crippen molar-refractivity contribution < 1.29 is 0 Å². The highest BCUT2D eigenvalue weighted by Crippen LogP contribution is 2.08. The zero-order valence-electron chi connectivity index (χ0n) is 10.8. The van der Waals surface area contributed by atoms with Gasteiger partial charge in [0.15, 0.2) is 0 Å². The molecule has 0 saturated heterocycles. The maximum Gasteiger partial charge on any atom is 0.0551 e. The third-order valence-electron chi connectivity index (χ3n) is 2.18. The molecule has 0 rings (SSSR count). The molecule has 0 bridgehead atoms. The molecule has 0 amide bonds. The first-order valence-electron chi connectivity index (χ1n) is 5.59. The van der Waals surface area contributed by atoms with Crippen LogP contribution in [0.1, 0.15) is 27.7 Å². The second-order valence-electron chi connectivity index (χ2n) is 3.30. The van der Waals surface area contributed by atoms with Crippen LogP contribution in [0.25, 0.3) is 0 Å². The minimum Gasteiger partial charge on any atom is -0.266 e. The number of nitrogens with zero attached hydrogens (tertiary/aromatic N) is 2. The molecule has 0 N–H and O–H groups in total. The highest BCUT2D eigenvalue weighted by molar-refractivity contribution is 5.69. The van der Waals surface area contributed by atoms with Crippen LogP contribution < -0.4 is 0 Å². The Kier molecular flexibility index (Phi) is 7.86. The van der Waals surface area contributed by atoms with Gasteiger partial charge in [0.05, 0.1) is 5.70 Å². The van der Waals surface area contributed by atoms with Crippen LogP contribution in [0.4, 0.5) is 0 Å². The zero-order valence-corrected chi connectivity index (χ0v) is 10.8. The average Bonchev–Trinajstić information content (AvgIpc) is 2.32. The molecular formula is C14H22N2. The lowest BCUT2D eigenvalue weighted by atomic mass is 10.2. The standard InChI is InChI=1S/C14H22N2/c1-6-12-15-16(9-4)14(8-3)11-10-13(5)7-2/h6-8,10-12H,1,9H2,2-5H3/b11-10-,13-7-,14-8+,15-12-. The summed E-state index contributed by atoms with van der Waals surface area (Å²) in [5.41, 5.74) is 2.32. The molecule has 0 spiro atoms. The van der Waals surface area contributed by atoms with Crippen molar-refractivity contribution >= 4 is 6.21 Å². The van der Waals surface area contributed by atoms with Crippen molar-refractivity contribution in [3.05, 3.63) is 48.2 Å². The van der Waals surface area contributed by atoms with Crippen LogP contribution in [-0.2, 0) is 0 Å². The van der Waals surface area contributed by atoms with Gasteiger partial charge in [-0.3, -0.25) is 5.01 Å². The van der Waals surface area contributed by atoms with Crippen LogP contribution in [0.3, 0.4) is 0 Å². The third-order valence-corrected chi connectivity index (χ3v) is 2.18. The number of likely N-dealkylation sites (N-methyl/N-ethyl adjacent to an activating group) is 1. The number of hydrogen-bond acceptors (Lipinski definition) is 2. The van der Waals surface area contributed by atoms with Crippen molar-refractivity contribution in [1.29, 1.82) is 0 Å². The van der Waals surface area contributed by atoms with Crippen molar-refractivity contribution in [3.63, 3.8) is 0 Å². The molecule has 2 heteroatoms. The normalized spacial score (nSPS) is 13.8. The van der Waals surface area contributed by atoms with E-state index >= 15 is 0 Å². The molecule has 0 aromatic heterocycles. The van der Waals surface area contributed by atoms with Gasteiger partial charge in [0.1, 0.15) is 0 Å². The maximum atomic E-state index is 4.29. The second-order valence-corrected chi connectivity index (χ2v) is 3.30. The third kappa shape index (κ3) is 5.35. The van der Waals surface area contributed by atoms with Gasteiger partial charge in [-0.25, -0.2) is 0 Å². The summed E-state index contributed by atoms with van der Waals surface area (Å²) in [6.07, 6.45) is 11.7. The predicted molar refractivity (Wildman–Crippen MR) is 73.4 cm³/mol. The van der Waals surface area contributed by atoms with Crippen LogP contribution in [0.15, 0.2) is 53.3 Å². The van der Waals surface area contributed by atoms with Crippen LogP contribution in [0.5, 0.6) is 0 Å². The SMILES string of the molecule is C=C/C=N\N(CC)C(/C=C\C(C)=C/C)=C/C. The highest BCUT2D eigenvalue weighted by atomic mass is 15.4. The quantitative estimate of drug-likeness (QED) is 0.375. The van der Waals surface area contributed by atoms with Crippen molar-refractivity contribution in [2.45, 2.75) is 27.7 Å². The largest absolute Gasteiger partial charge is 0.266 e. The molecule has 0 heterocycles. The second kappa shape index (κ2) is 8.72. The summed E-state index contributed by atoms with van der Waals surface area (Å²) in [5.74, 6) is 0. The van der Waals surface area contributed by atoms with Crippen molar-refractivity contribution in [2.24, 2.45) is 5.10 Å². The van der Waals surface area contributed by atoms with Gasteiger partial charge in [0.25, 0.3) is 0 Å². The van der Waals surface area contributed by atoms with E-state index in [1.165, 1.54) is 5.57 Å². The summed E-state index contributed by atoms with van der Waals surface area (Å²) in [5, 5.41) is 6.22. The number of hydrogen-bond donors (Lipinski definition) is 0. The predicted octanol–water partition coefficient (Wildman–Crippen LogP) is 3.91. The van der Waals surface area contributed by atoms with Crippen LogP contribution in [-0.4, -0.2) is 17.8 Å². The van der Waals surface area contributed by atoms with Gasteiger partial charge in [-0.05, 0) is 39.8 Å². The first-order valence-corrected chi connectivity index (χ1v) is 5.59. The molecule has 0 aliphatic carbocycles. The molecule has 0 unspecified atom stereocenters. The number of rotatable bonds is 6. The molecular weight excluding hydrogens is 196 g/mol. The molecule has 0 aliphatic heterocycles. The molecule has 0 fully saturated rings. The Labute approximate surface area is 99.4 Å². The van der Waals surface area contributed by atoms with E-state index in [1.54, 1.807) is 12.3 Å².